The predicted octanol–water partition coefficient (Wildman–Crippen LogP) is 5.61. The van der Waals surface area contributed by atoms with Crippen LogP contribution in [0.25, 0.3) is 0 Å². The van der Waals surface area contributed by atoms with E-state index in [-0.39, 0.29) is 18.3 Å². The first-order chi connectivity index (χ1) is 16.8. The van der Waals surface area contributed by atoms with Gasteiger partial charge in [-0.25, -0.2) is 13.2 Å². The number of piperidine rings is 1. The van der Waals surface area contributed by atoms with E-state index in [0.29, 0.717) is 55.9 Å². The van der Waals surface area contributed by atoms with Gasteiger partial charge in [0.25, 0.3) is 5.91 Å². The molecular weight excluding hydrogens is 471 g/mol. The summed E-state index contributed by atoms with van der Waals surface area (Å²) in [6.07, 6.45) is 2.43. The second-order valence-corrected chi connectivity index (χ2v) is 8.25. The number of carbonyl (C=O) groups is 1. The van der Waals surface area contributed by atoms with Crippen molar-refractivity contribution in [2.75, 3.05) is 13.1 Å². The number of para-hydroxylation sites is 1. The van der Waals surface area contributed by atoms with Crippen molar-refractivity contribution in [3.8, 4) is 5.75 Å². The molecular formula is C25H23F5N2O3. The molecule has 0 N–H and O–H groups in total. The van der Waals surface area contributed by atoms with Crippen LogP contribution in [0.15, 0.2) is 59.2 Å². The second kappa shape index (κ2) is 10.9. The number of halogens is 5. The minimum absolute atomic E-state index is 0.0278. The van der Waals surface area contributed by atoms with E-state index < -0.39 is 35.5 Å². The summed E-state index contributed by atoms with van der Waals surface area (Å²) in [4.78, 5) is 16.7. The lowest BCUT2D eigenvalue weighted by molar-refractivity contribution is -0.0508. The van der Waals surface area contributed by atoms with Crippen molar-refractivity contribution in [3.63, 3.8) is 0 Å². The SMILES string of the molecule is O=C(c1cc(F)c(F)cc1F)N(Cc1ccco1)C1CCN(Cc2ccccc2OC(F)F)CC1. The van der Waals surface area contributed by atoms with Crippen LogP contribution in [-0.2, 0) is 13.1 Å². The van der Waals surface area contributed by atoms with Gasteiger partial charge in [-0.2, -0.15) is 8.78 Å². The van der Waals surface area contributed by atoms with Crippen LogP contribution in [0.3, 0.4) is 0 Å². The molecule has 1 fully saturated rings. The second-order valence-electron chi connectivity index (χ2n) is 8.25. The topological polar surface area (TPSA) is 45.9 Å². The largest absolute Gasteiger partial charge is 0.467 e. The van der Waals surface area contributed by atoms with E-state index in [9.17, 15) is 26.7 Å². The minimum atomic E-state index is -2.93. The fraction of sp³-hybridized carbons (Fsp3) is 0.320. The van der Waals surface area contributed by atoms with Gasteiger partial charge in [0.2, 0.25) is 0 Å². The molecule has 2 aromatic carbocycles. The number of carbonyl (C=O) groups excluding carboxylic acids is 1. The Bertz CT molecular complexity index is 1150. The van der Waals surface area contributed by atoms with Crippen LogP contribution in [0.1, 0.15) is 34.5 Å². The number of likely N-dealkylation sites (tertiary alicyclic amines) is 1. The Balaban J connectivity index is 1.48. The molecule has 0 atom stereocenters. The van der Waals surface area contributed by atoms with E-state index in [1.807, 2.05) is 4.90 Å². The average molecular weight is 494 g/mol. The van der Waals surface area contributed by atoms with E-state index in [1.165, 1.54) is 17.2 Å². The molecule has 1 aromatic heterocycles. The molecule has 5 nitrogen and oxygen atoms in total. The predicted molar refractivity (Wildman–Crippen MR) is 116 cm³/mol. The van der Waals surface area contributed by atoms with Gasteiger partial charge in [0.05, 0.1) is 18.4 Å². The van der Waals surface area contributed by atoms with Crippen LogP contribution in [0.2, 0.25) is 0 Å². The lowest BCUT2D eigenvalue weighted by atomic mass is 10.0. The minimum Gasteiger partial charge on any atom is -0.467 e. The van der Waals surface area contributed by atoms with E-state index in [0.717, 1.165) is 0 Å². The van der Waals surface area contributed by atoms with Crippen molar-refractivity contribution < 1.29 is 35.9 Å². The molecule has 35 heavy (non-hydrogen) atoms. The monoisotopic (exact) mass is 494 g/mol. The third-order valence-electron chi connectivity index (χ3n) is 5.99. The maximum Gasteiger partial charge on any atom is 0.387 e. The molecule has 0 spiro atoms. The van der Waals surface area contributed by atoms with E-state index in [4.69, 9.17) is 4.42 Å². The highest BCUT2D eigenvalue weighted by molar-refractivity contribution is 5.94. The lowest BCUT2D eigenvalue weighted by Crippen LogP contribution is -2.47. The third-order valence-corrected chi connectivity index (χ3v) is 5.99. The number of furan rings is 1. The number of ether oxygens (including phenoxy) is 1. The number of alkyl halides is 2. The molecule has 1 saturated heterocycles. The summed E-state index contributed by atoms with van der Waals surface area (Å²) < 4.78 is 76.9. The average Bonchev–Trinajstić information content (AvgIpc) is 3.34. The number of rotatable bonds is 8. The molecule has 0 radical (unpaired) electrons. The van der Waals surface area contributed by atoms with Crippen molar-refractivity contribution in [1.82, 2.24) is 9.80 Å². The van der Waals surface area contributed by atoms with Crippen LogP contribution in [0, 0.1) is 17.5 Å². The van der Waals surface area contributed by atoms with E-state index in [2.05, 4.69) is 4.74 Å². The standard InChI is InChI=1S/C25H23F5N2O3/c26-20-13-22(28)21(27)12-19(20)24(33)32(15-18-5-3-11-34-18)17-7-9-31(10-8-17)14-16-4-1-2-6-23(16)35-25(29)30/h1-6,11-13,17,25H,7-10,14-15H2. The summed E-state index contributed by atoms with van der Waals surface area (Å²) in [5.74, 6) is -4.04. The highest BCUT2D eigenvalue weighted by Crippen LogP contribution is 2.27. The van der Waals surface area contributed by atoms with Crippen LogP contribution in [-0.4, -0.2) is 41.4 Å². The fourth-order valence-electron chi connectivity index (χ4n) is 4.25. The molecule has 4 rings (SSSR count). The summed E-state index contributed by atoms with van der Waals surface area (Å²) in [6, 6.07) is 10.4. The van der Waals surface area contributed by atoms with Crippen molar-refractivity contribution in [2.24, 2.45) is 0 Å². The third kappa shape index (κ3) is 6.00. The quantitative estimate of drug-likeness (QED) is 0.302. The Morgan fingerprint density at radius 2 is 1.74 bits per heavy atom. The summed E-state index contributed by atoms with van der Waals surface area (Å²) >= 11 is 0. The molecule has 1 amide bonds. The van der Waals surface area contributed by atoms with Crippen LogP contribution in [0.4, 0.5) is 22.0 Å². The molecule has 186 valence electrons. The first kappa shape index (κ1) is 24.7. The molecule has 1 aliphatic rings. The van der Waals surface area contributed by atoms with Gasteiger partial charge in [-0.05, 0) is 37.1 Å². The Morgan fingerprint density at radius 3 is 2.43 bits per heavy atom. The fourth-order valence-corrected chi connectivity index (χ4v) is 4.25. The zero-order chi connectivity index (χ0) is 24.9. The maximum atomic E-state index is 14.4. The normalized spacial score (nSPS) is 14.9. The van der Waals surface area contributed by atoms with Crippen LogP contribution in [0.5, 0.6) is 5.75 Å². The molecule has 2 heterocycles. The van der Waals surface area contributed by atoms with E-state index in [1.54, 1.807) is 30.3 Å². The number of hydrogen-bond donors (Lipinski definition) is 0. The summed E-state index contributed by atoms with van der Waals surface area (Å²) in [5, 5.41) is 0. The highest BCUT2D eigenvalue weighted by Gasteiger charge is 2.31. The maximum absolute atomic E-state index is 14.4. The number of hydrogen-bond acceptors (Lipinski definition) is 4. The van der Waals surface area contributed by atoms with Crippen molar-refractivity contribution in [2.45, 2.75) is 38.6 Å². The van der Waals surface area contributed by atoms with Gasteiger partial charge >= 0.3 is 6.61 Å². The molecule has 1 aliphatic heterocycles. The van der Waals surface area contributed by atoms with Gasteiger partial charge in [-0.1, -0.05) is 18.2 Å². The molecule has 0 aliphatic carbocycles. The summed E-state index contributed by atoms with van der Waals surface area (Å²) in [5.41, 5.74) is 0.0505. The first-order valence-electron chi connectivity index (χ1n) is 11.0. The molecule has 10 heteroatoms. The molecule has 0 bridgehead atoms. The lowest BCUT2D eigenvalue weighted by Gasteiger charge is -2.38. The number of nitrogens with zero attached hydrogens (tertiary/aromatic N) is 2. The Hall–Kier alpha value is -3.40. The smallest absolute Gasteiger partial charge is 0.387 e. The summed E-state index contributed by atoms with van der Waals surface area (Å²) in [6.45, 7) is -1.48. The zero-order valence-corrected chi connectivity index (χ0v) is 18.6. The van der Waals surface area contributed by atoms with Crippen LogP contribution >= 0.6 is 0 Å². The number of amides is 1. The Morgan fingerprint density at radius 1 is 1.03 bits per heavy atom. The van der Waals surface area contributed by atoms with Crippen LogP contribution < -0.4 is 4.74 Å². The van der Waals surface area contributed by atoms with Gasteiger partial charge in [0.1, 0.15) is 17.3 Å². The van der Waals surface area contributed by atoms with Gasteiger partial charge in [-0.3, -0.25) is 9.69 Å². The van der Waals surface area contributed by atoms with Crippen molar-refractivity contribution in [1.29, 1.82) is 0 Å². The Labute approximate surface area is 198 Å². The van der Waals surface area contributed by atoms with Crippen molar-refractivity contribution >= 4 is 5.91 Å². The Kier molecular flexibility index (Phi) is 7.70. The molecule has 3 aromatic rings. The number of benzene rings is 2. The molecule has 0 unspecified atom stereocenters. The van der Waals surface area contributed by atoms with Crippen molar-refractivity contribution in [3.05, 3.63) is 89.1 Å². The van der Waals surface area contributed by atoms with Gasteiger partial charge in [-0.15, -0.1) is 0 Å². The first-order valence-corrected chi connectivity index (χ1v) is 11.0. The summed E-state index contributed by atoms with van der Waals surface area (Å²) in [7, 11) is 0. The van der Waals surface area contributed by atoms with E-state index >= 15 is 0 Å². The zero-order valence-electron chi connectivity index (χ0n) is 18.6. The molecule has 0 saturated carbocycles. The van der Waals surface area contributed by atoms with Gasteiger partial charge in [0.15, 0.2) is 11.6 Å². The highest BCUT2D eigenvalue weighted by atomic mass is 19.3. The van der Waals surface area contributed by atoms with Gasteiger partial charge < -0.3 is 14.1 Å². The van der Waals surface area contributed by atoms with Gasteiger partial charge in [0, 0.05) is 37.3 Å².